The number of amides is 2. The number of rotatable bonds is 6. The zero-order chi connectivity index (χ0) is 16.7. The number of benzene rings is 2. The number of hydrogen-bond donors (Lipinski definition) is 2. The van der Waals surface area contributed by atoms with Crippen LogP contribution >= 0.6 is 0 Å². The average Bonchev–Trinajstić information content (AvgIpc) is 2.55. The molecule has 2 rings (SSSR count). The molecule has 0 aliphatic carbocycles. The second kappa shape index (κ2) is 7.64. The molecule has 6 nitrogen and oxygen atoms in total. The summed E-state index contributed by atoms with van der Waals surface area (Å²) in [5.41, 5.74) is 0.642. The Bertz CT molecular complexity index is 743. The summed E-state index contributed by atoms with van der Waals surface area (Å²) in [6.07, 6.45) is 0. The van der Waals surface area contributed by atoms with E-state index in [-0.39, 0.29) is 17.2 Å². The molecule has 2 N–H and O–H groups in total. The van der Waals surface area contributed by atoms with Crippen LogP contribution in [0.5, 0.6) is 5.75 Å². The second-order valence-corrected chi connectivity index (χ2v) is 6.85. The minimum atomic E-state index is -3.45. The molecule has 0 radical (unpaired) electrons. The summed E-state index contributed by atoms with van der Waals surface area (Å²) in [6.45, 7) is 0.0209. The van der Waals surface area contributed by atoms with Crippen LogP contribution in [0.15, 0.2) is 59.5 Å². The predicted molar refractivity (Wildman–Crippen MR) is 88.5 cm³/mol. The van der Waals surface area contributed by atoms with Gasteiger partial charge in [-0.15, -0.1) is 0 Å². The Morgan fingerprint density at radius 2 is 1.70 bits per heavy atom. The molecule has 122 valence electrons. The number of sulfone groups is 1. The van der Waals surface area contributed by atoms with Gasteiger partial charge in [-0.3, -0.25) is 0 Å². The van der Waals surface area contributed by atoms with E-state index in [1.54, 1.807) is 36.4 Å². The molecular weight excluding hydrogens is 316 g/mol. The minimum Gasteiger partial charge on any atom is -0.497 e. The highest BCUT2D eigenvalue weighted by Crippen LogP contribution is 2.16. The fourth-order valence-electron chi connectivity index (χ4n) is 1.90. The lowest BCUT2D eigenvalue weighted by Crippen LogP contribution is -2.32. The molecule has 0 fully saturated rings. The van der Waals surface area contributed by atoms with Crippen molar-refractivity contribution in [2.24, 2.45) is 0 Å². The van der Waals surface area contributed by atoms with Crippen molar-refractivity contribution in [1.82, 2.24) is 5.32 Å². The summed E-state index contributed by atoms with van der Waals surface area (Å²) in [5, 5.41) is 5.15. The molecule has 0 atom stereocenters. The van der Waals surface area contributed by atoms with E-state index in [1.165, 1.54) is 19.2 Å². The van der Waals surface area contributed by atoms with Crippen LogP contribution in [0.3, 0.4) is 0 Å². The van der Waals surface area contributed by atoms with Gasteiger partial charge in [0.05, 0.1) is 17.8 Å². The van der Waals surface area contributed by atoms with Gasteiger partial charge in [0.1, 0.15) is 5.75 Å². The molecule has 0 saturated heterocycles. The molecule has 2 amide bonds. The van der Waals surface area contributed by atoms with Crippen molar-refractivity contribution in [3.63, 3.8) is 0 Å². The number of anilines is 1. The summed E-state index contributed by atoms with van der Waals surface area (Å²) in [5.74, 6) is 0.408. The Kier molecular flexibility index (Phi) is 5.59. The highest BCUT2D eigenvalue weighted by Gasteiger charge is 2.14. The maximum absolute atomic E-state index is 12.2. The Morgan fingerprint density at radius 1 is 1.04 bits per heavy atom. The van der Waals surface area contributed by atoms with Crippen LogP contribution in [0, 0.1) is 0 Å². The third-order valence-electron chi connectivity index (χ3n) is 3.11. The molecule has 2 aromatic carbocycles. The van der Waals surface area contributed by atoms with Gasteiger partial charge in [0.15, 0.2) is 9.84 Å². The Hall–Kier alpha value is -2.54. The van der Waals surface area contributed by atoms with Crippen molar-refractivity contribution in [1.29, 1.82) is 0 Å². The van der Waals surface area contributed by atoms with E-state index in [2.05, 4.69) is 10.6 Å². The summed E-state index contributed by atoms with van der Waals surface area (Å²) < 4.78 is 29.3. The van der Waals surface area contributed by atoms with Gasteiger partial charge in [-0.1, -0.05) is 18.2 Å². The zero-order valence-corrected chi connectivity index (χ0v) is 13.5. The summed E-state index contributed by atoms with van der Waals surface area (Å²) >= 11 is 0. The van der Waals surface area contributed by atoms with Crippen molar-refractivity contribution in [3.05, 3.63) is 54.6 Å². The van der Waals surface area contributed by atoms with Crippen LogP contribution in [0.25, 0.3) is 0 Å². The van der Waals surface area contributed by atoms with Crippen molar-refractivity contribution in [2.75, 3.05) is 24.7 Å². The van der Waals surface area contributed by atoms with Crippen LogP contribution < -0.4 is 15.4 Å². The first-order valence-corrected chi connectivity index (χ1v) is 8.63. The van der Waals surface area contributed by atoms with E-state index >= 15 is 0 Å². The monoisotopic (exact) mass is 334 g/mol. The van der Waals surface area contributed by atoms with Crippen LogP contribution in [-0.2, 0) is 9.84 Å². The van der Waals surface area contributed by atoms with Gasteiger partial charge in [0.25, 0.3) is 0 Å². The van der Waals surface area contributed by atoms with E-state index in [0.717, 1.165) is 0 Å². The molecule has 2 aromatic rings. The quantitative estimate of drug-likeness (QED) is 0.849. The molecule has 0 bridgehead atoms. The first-order chi connectivity index (χ1) is 11.0. The summed E-state index contributed by atoms with van der Waals surface area (Å²) in [7, 11) is -1.94. The normalized spacial score (nSPS) is 10.8. The maximum atomic E-state index is 12.2. The lowest BCUT2D eigenvalue weighted by Gasteiger charge is -2.08. The molecule has 0 heterocycles. The molecular formula is C16H18N2O4S. The van der Waals surface area contributed by atoms with Gasteiger partial charge in [0, 0.05) is 12.2 Å². The molecule has 0 spiro atoms. The minimum absolute atomic E-state index is 0.0209. The number of methoxy groups -OCH3 is 1. The van der Waals surface area contributed by atoms with Gasteiger partial charge in [-0.2, -0.15) is 0 Å². The van der Waals surface area contributed by atoms with Gasteiger partial charge in [0.2, 0.25) is 0 Å². The summed E-state index contributed by atoms with van der Waals surface area (Å²) in [4.78, 5) is 11.9. The van der Waals surface area contributed by atoms with Crippen molar-refractivity contribution in [2.45, 2.75) is 4.90 Å². The van der Waals surface area contributed by atoms with E-state index in [4.69, 9.17) is 4.74 Å². The van der Waals surface area contributed by atoms with Crippen LogP contribution in [0.4, 0.5) is 10.5 Å². The van der Waals surface area contributed by atoms with E-state index in [1.807, 2.05) is 6.07 Å². The number of ether oxygens (including phenoxy) is 1. The number of para-hydroxylation sites is 1. The Labute approximate surface area is 135 Å². The number of urea groups is 1. The first kappa shape index (κ1) is 16.8. The number of hydrogen-bond acceptors (Lipinski definition) is 4. The Morgan fingerprint density at radius 3 is 2.30 bits per heavy atom. The molecule has 23 heavy (non-hydrogen) atoms. The van der Waals surface area contributed by atoms with Gasteiger partial charge in [-0.05, 0) is 36.4 Å². The maximum Gasteiger partial charge on any atom is 0.319 e. The van der Waals surface area contributed by atoms with Crippen LogP contribution in [-0.4, -0.2) is 33.9 Å². The van der Waals surface area contributed by atoms with Crippen LogP contribution in [0.1, 0.15) is 0 Å². The molecule has 0 aliphatic heterocycles. The average molecular weight is 334 g/mol. The topological polar surface area (TPSA) is 84.5 Å². The molecule has 7 heteroatoms. The van der Waals surface area contributed by atoms with Gasteiger partial charge < -0.3 is 15.4 Å². The summed E-state index contributed by atoms with van der Waals surface area (Å²) in [6, 6.07) is 14.6. The van der Waals surface area contributed by atoms with E-state index in [9.17, 15) is 13.2 Å². The van der Waals surface area contributed by atoms with E-state index in [0.29, 0.717) is 11.4 Å². The van der Waals surface area contributed by atoms with Crippen LogP contribution in [0.2, 0.25) is 0 Å². The number of carbonyl (C=O) groups is 1. The largest absolute Gasteiger partial charge is 0.497 e. The molecule has 0 aliphatic rings. The lowest BCUT2D eigenvalue weighted by molar-refractivity contribution is 0.252. The fraction of sp³-hybridized carbons (Fsp3) is 0.188. The second-order valence-electron chi connectivity index (χ2n) is 4.74. The fourth-order valence-corrected chi connectivity index (χ4v) is 3.05. The molecule has 0 aromatic heterocycles. The smallest absolute Gasteiger partial charge is 0.319 e. The third kappa shape index (κ3) is 5.00. The SMILES string of the molecule is COc1ccc(S(=O)(=O)CCNC(=O)Nc2ccccc2)cc1. The van der Waals surface area contributed by atoms with Crippen molar-refractivity contribution >= 4 is 21.6 Å². The first-order valence-electron chi connectivity index (χ1n) is 6.98. The Balaban J connectivity index is 1.85. The van der Waals surface area contributed by atoms with Gasteiger partial charge in [-0.25, -0.2) is 13.2 Å². The lowest BCUT2D eigenvalue weighted by atomic mass is 10.3. The number of carbonyl (C=O) groups excluding carboxylic acids is 1. The standard InChI is InChI=1S/C16H18N2O4S/c1-22-14-7-9-15(10-8-14)23(20,21)12-11-17-16(19)18-13-5-3-2-4-6-13/h2-10H,11-12H2,1H3,(H2,17,18,19). The molecule has 0 unspecified atom stereocenters. The van der Waals surface area contributed by atoms with Gasteiger partial charge >= 0.3 is 6.03 Å². The van der Waals surface area contributed by atoms with E-state index < -0.39 is 15.9 Å². The number of nitrogens with one attached hydrogen (secondary N) is 2. The highest BCUT2D eigenvalue weighted by atomic mass is 32.2. The molecule has 0 saturated carbocycles. The third-order valence-corrected chi connectivity index (χ3v) is 4.84. The highest BCUT2D eigenvalue weighted by molar-refractivity contribution is 7.91. The predicted octanol–water partition coefficient (Wildman–Crippen LogP) is 2.29. The zero-order valence-electron chi connectivity index (χ0n) is 12.7. The van der Waals surface area contributed by atoms with Crippen molar-refractivity contribution < 1.29 is 17.9 Å². The van der Waals surface area contributed by atoms with Crippen molar-refractivity contribution in [3.8, 4) is 5.75 Å².